The summed E-state index contributed by atoms with van der Waals surface area (Å²) in [6.45, 7) is 5.25. The van der Waals surface area contributed by atoms with Crippen LogP contribution < -0.4 is 0 Å². The van der Waals surface area contributed by atoms with Crippen molar-refractivity contribution >= 4 is 0 Å². The van der Waals surface area contributed by atoms with Gasteiger partial charge in [0.15, 0.2) is 0 Å². The van der Waals surface area contributed by atoms with Gasteiger partial charge in [0, 0.05) is 18.3 Å². The molecule has 5 heteroatoms. The molecular formula is C24H32N4O. The monoisotopic (exact) mass is 392 g/mol. The fourth-order valence-electron chi connectivity index (χ4n) is 3.54. The van der Waals surface area contributed by atoms with Gasteiger partial charge in [-0.3, -0.25) is 0 Å². The molecule has 0 aliphatic carbocycles. The lowest BCUT2D eigenvalue weighted by atomic mass is 10.1. The highest BCUT2D eigenvalue weighted by atomic mass is 16.3. The van der Waals surface area contributed by atoms with Gasteiger partial charge in [-0.05, 0) is 82.5 Å². The molecule has 0 aliphatic rings. The lowest BCUT2D eigenvalue weighted by Gasteiger charge is -2.18. The minimum Gasteiger partial charge on any atom is -0.392 e. The molecule has 3 rings (SSSR count). The summed E-state index contributed by atoms with van der Waals surface area (Å²) in [6.07, 6.45) is 3.21. The third-order valence-electron chi connectivity index (χ3n) is 5.05. The SMILES string of the molecule is Cc1cn(-c2cccc(CO)c2)nc1-c1cccc(CN(C)CCCN(C)C)c1. The lowest BCUT2D eigenvalue weighted by molar-refractivity contribution is 0.282. The molecule has 0 aliphatic heterocycles. The van der Waals surface area contributed by atoms with Crippen LogP contribution >= 0.6 is 0 Å². The van der Waals surface area contributed by atoms with Crippen LogP contribution in [0.5, 0.6) is 0 Å². The molecule has 0 amide bonds. The van der Waals surface area contributed by atoms with E-state index in [1.165, 1.54) is 12.0 Å². The van der Waals surface area contributed by atoms with Gasteiger partial charge in [0.1, 0.15) is 0 Å². The molecule has 154 valence electrons. The molecule has 1 N–H and O–H groups in total. The standard InChI is InChI=1S/C24H32N4O/c1-19-16-28(23-11-6-9-21(15-23)18-29)25-24(19)22-10-5-8-20(14-22)17-27(4)13-7-12-26(2)3/h5-6,8-11,14-16,29H,7,12-13,17-18H2,1-4H3. The van der Waals surface area contributed by atoms with Gasteiger partial charge in [-0.1, -0.05) is 30.3 Å². The van der Waals surface area contributed by atoms with Gasteiger partial charge in [0.05, 0.1) is 18.0 Å². The second-order valence-electron chi connectivity index (χ2n) is 8.03. The third kappa shape index (κ3) is 5.76. The Bertz CT molecular complexity index is 932. The van der Waals surface area contributed by atoms with Gasteiger partial charge >= 0.3 is 0 Å². The van der Waals surface area contributed by atoms with E-state index in [0.717, 1.165) is 47.7 Å². The summed E-state index contributed by atoms with van der Waals surface area (Å²) in [6, 6.07) is 16.5. The van der Waals surface area contributed by atoms with Crippen molar-refractivity contribution in [2.75, 3.05) is 34.2 Å². The first-order chi connectivity index (χ1) is 14.0. The predicted octanol–water partition coefficient (Wildman–Crippen LogP) is 3.72. The predicted molar refractivity (Wildman–Crippen MR) is 119 cm³/mol. The first kappa shape index (κ1) is 21.2. The van der Waals surface area contributed by atoms with E-state index in [9.17, 15) is 5.11 Å². The van der Waals surface area contributed by atoms with E-state index in [4.69, 9.17) is 5.10 Å². The van der Waals surface area contributed by atoms with Crippen molar-refractivity contribution in [2.24, 2.45) is 0 Å². The number of hydrogen-bond acceptors (Lipinski definition) is 4. The first-order valence-electron chi connectivity index (χ1n) is 10.2. The van der Waals surface area contributed by atoms with Crippen molar-refractivity contribution in [3.8, 4) is 16.9 Å². The van der Waals surface area contributed by atoms with Crippen LogP contribution in [0, 0.1) is 6.92 Å². The quantitative estimate of drug-likeness (QED) is 0.603. The molecular weight excluding hydrogens is 360 g/mol. The Kier molecular flexibility index (Phi) is 7.20. The highest BCUT2D eigenvalue weighted by Gasteiger charge is 2.11. The van der Waals surface area contributed by atoms with Gasteiger partial charge in [-0.15, -0.1) is 0 Å². The first-order valence-corrected chi connectivity index (χ1v) is 10.2. The zero-order chi connectivity index (χ0) is 20.8. The molecule has 1 aromatic heterocycles. The van der Waals surface area contributed by atoms with E-state index in [0.29, 0.717) is 0 Å². The third-order valence-corrected chi connectivity index (χ3v) is 5.05. The van der Waals surface area contributed by atoms with E-state index in [2.05, 4.69) is 62.1 Å². The summed E-state index contributed by atoms with van der Waals surface area (Å²) in [5.74, 6) is 0. The Hall–Kier alpha value is -2.47. The molecule has 5 nitrogen and oxygen atoms in total. The second kappa shape index (κ2) is 9.83. The van der Waals surface area contributed by atoms with Gasteiger partial charge in [-0.2, -0.15) is 5.10 Å². The molecule has 0 saturated carbocycles. The summed E-state index contributed by atoms with van der Waals surface area (Å²) in [7, 11) is 6.41. The Labute approximate surface area is 174 Å². The van der Waals surface area contributed by atoms with Gasteiger partial charge in [0.2, 0.25) is 0 Å². The molecule has 0 bridgehead atoms. The van der Waals surface area contributed by atoms with E-state index in [1.807, 2.05) is 35.1 Å². The molecule has 0 radical (unpaired) electrons. The van der Waals surface area contributed by atoms with Crippen LogP contribution in [0.15, 0.2) is 54.7 Å². The topological polar surface area (TPSA) is 44.5 Å². The van der Waals surface area contributed by atoms with Crippen LogP contribution in [0.3, 0.4) is 0 Å². The van der Waals surface area contributed by atoms with E-state index in [-0.39, 0.29) is 6.61 Å². The summed E-state index contributed by atoms with van der Waals surface area (Å²) in [5.41, 5.74) is 6.41. The number of benzene rings is 2. The van der Waals surface area contributed by atoms with Gasteiger partial charge in [-0.25, -0.2) is 4.68 Å². The van der Waals surface area contributed by atoms with E-state index < -0.39 is 0 Å². The van der Waals surface area contributed by atoms with Crippen LogP contribution in [0.2, 0.25) is 0 Å². The Balaban J connectivity index is 1.76. The van der Waals surface area contributed by atoms with Crippen LogP contribution in [-0.4, -0.2) is 58.9 Å². The Morgan fingerprint density at radius 2 is 1.72 bits per heavy atom. The highest BCUT2D eigenvalue weighted by Crippen LogP contribution is 2.24. The zero-order valence-electron chi connectivity index (χ0n) is 18.0. The zero-order valence-corrected chi connectivity index (χ0v) is 18.0. The maximum absolute atomic E-state index is 9.39. The second-order valence-corrected chi connectivity index (χ2v) is 8.03. The Morgan fingerprint density at radius 3 is 2.48 bits per heavy atom. The normalized spacial score (nSPS) is 11.6. The number of nitrogens with zero attached hydrogens (tertiary/aromatic N) is 4. The molecule has 0 atom stereocenters. The van der Waals surface area contributed by atoms with E-state index in [1.54, 1.807) is 0 Å². The number of aliphatic hydroxyl groups excluding tert-OH is 1. The molecule has 1 heterocycles. The van der Waals surface area contributed by atoms with Crippen molar-refractivity contribution in [3.05, 3.63) is 71.4 Å². The summed E-state index contributed by atoms with van der Waals surface area (Å²) in [5, 5.41) is 14.2. The minimum atomic E-state index is 0.0328. The van der Waals surface area contributed by atoms with Gasteiger partial charge < -0.3 is 14.9 Å². The van der Waals surface area contributed by atoms with Crippen molar-refractivity contribution in [3.63, 3.8) is 0 Å². The average molecular weight is 393 g/mol. The number of aliphatic hydroxyl groups is 1. The van der Waals surface area contributed by atoms with Crippen molar-refractivity contribution in [1.29, 1.82) is 0 Å². The summed E-state index contributed by atoms with van der Waals surface area (Å²) < 4.78 is 1.89. The van der Waals surface area contributed by atoms with Crippen molar-refractivity contribution in [1.82, 2.24) is 19.6 Å². The molecule has 0 spiro atoms. The molecule has 29 heavy (non-hydrogen) atoms. The van der Waals surface area contributed by atoms with Crippen molar-refractivity contribution < 1.29 is 5.11 Å². The number of aryl methyl sites for hydroxylation is 1. The van der Waals surface area contributed by atoms with E-state index >= 15 is 0 Å². The van der Waals surface area contributed by atoms with Crippen LogP contribution in [0.1, 0.15) is 23.1 Å². The highest BCUT2D eigenvalue weighted by molar-refractivity contribution is 5.63. The summed E-state index contributed by atoms with van der Waals surface area (Å²) in [4.78, 5) is 4.60. The van der Waals surface area contributed by atoms with Crippen molar-refractivity contribution in [2.45, 2.75) is 26.5 Å². The lowest BCUT2D eigenvalue weighted by Crippen LogP contribution is -2.23. The van der Waals surface area contributed by atoms with Crippen LogP contribution in [0.4, 0.5) is 0 Å². The van der Waals surface area contributed by atoms with Crippen LogP contribution in [0.25, 0.3) is 16.9 Å². The fraction of sp³-hybridized carbons (Fsp3) is 0.375. The smallest absolute Gasteiger partial charge is 0.0956 e. The molecule has 2 aromatic carbocycles. The Morgan fingerprint density at radius 1 is 0.966 bits per heavy atom. The van der Waals surface area contributed by atoms with Gasteiger partial charge in [0.25, 0.3) is 0 Å². The minimum absolute atomic E-state index is 0.0328. The fourth-order valence-corrected chi connectivity index (χ4v) is 3.54. The number of hydrogen-bond donors (Lipinski definition) is 1. The molecule has 0 unspecified atom stereocenters. The maximum atomic E-state index is 9.39. The van der Waals surface area contributed by atoms with Crippen LogP contribution in [-0.2, 0) is 13.2 Å². The number of rotatable bonds is 9. The molecule has 0 fully saturated rings. The summed E-state index contributed by atoms with van der Waals surface area (Å²) >= 11 is 0. The number of aromatic nitrogens is 2. The average Bonchev–Trinajstić information content (AvgIpc) is 3.09. The largest absolute Gasteiger partial charge is 0.392 e. The maximum Gasteiger partial charge on any atom is 0.0956 e. The molecule has 0 saturated heterocycles. The molecule has 3 aromatic rings.